The minimum absolute atomic E-state index is 0.0269. The number of aryl methyl sites for hydroxylation is 1. The Morgan fingerprint density at radius 3 is 2.62 bits per heavy atom. The number of anilines is 1. The molecule has 0 N–H and O–H groups in total. The fourth-order valence-electron chi connectivity index (χ4n) is 3.56. The van der Waals surface area contributed by atoms with E-state index in [0.717, 1.165) is 37.3 Å². The SMILES string of the molecule is COC(=O)C1CCN(c2cc(C)c3cccc(C(C)C)c3n2)CC1. The molecule has 0 aliphatic carbocycles. The van der Waals surface area contributed by atoms with Crippen LogP contribution in [0.3, 0.4) is 0 Å². The molecule has 4 heteroatoms. The Balaban J connectivity index is 1.91. The van der Waals surface area contributed by atoms with Crippen molar-refractivity contribution >= 4 is 22.7 Å². The molecule has 0 atom stereocenters. The molecule has 1 aromatic carbocycles. The highest BCUT2D eigenvalue weighted by Crippen LogP contribution is 2.30. The molecule has 0 saturated carbocycles. The second-order valence-corrected chi connectivity index (χ2v) is 6.98. The maximum Gasteiger partial charge on any atom is 0.308 e. The summed E-state index contributed by atoms with van der Waals surface area (Å²) in [5.74, 6) is 1.41. The number of carbonyl (C=O) groups is 1. The van der Waals surface area contributed by atoms with E-state index in [1.807, 2.05) is 0 Å². The number of piperidine rings is 1. The quantitative estimate of drug-likeness (QED) is 0.798. The van der Waals surface area contributed by atoms with E-state index in [2.05, 4.69) is 49.9 Å². The zero-order valence-corrected chi connectivity index (χ0v) is 15.0. The number of hydrogen-bond acceptors (Lipinski definition) is 4. The molecule has 0 spiro atoms. The van der Waals surface area contributed by atoms with Crippen molar-refractivity contribution in [2.75, 3.05) is 25.1 Å². The second-order valence-electron chi connectivity index (χ2n) is 6.98. The highest BCUT2D eigenvalue weighted by Gasteiger charge is 2.26. The third-order valence-corrected chi connectivity index (χ3v) is 5.04. The van der Waals surface area contributed by atoms with Crippen molar-refractivity contribution in [2.24, 2.45) is 5.92 Å². The van der Waals surface area contributed by atoms with Gasteiger partial charge < -0.3 is 9.64 Å². The molecular formula is C20H26N2O2. The van der Waals surface area contributed by atoms with Gasteiger partial charge in [0.1, 0.15) is 5.82 Å². The smallest absolute Gasteiger partial charge is 0.308 e. The fourth-order valence-corrected chi connectivity index (χ4v) is 3.56. The Morgan fingerprint density at radius 2 is 2.00 bits per heavy atom. The number of rotatable bonds is 3. The Bertz CT molecular complexity index is 747. The number of para-hydroxylation sites is 1. The normalized spacial score (nSPS) is 16.0. The van der Waals surface area contributed by atoms with Gasteiger partial charge in [0.25, 0.3) is 0 Å². The van der Waals surface area contributed by atoms with E-state index in [-0.39, 0.29) is 11.9 Å². The lowest BCUT2D eigenvalue weighted by atomic mass is 9.96. The lowest BCUT2D eigenvalue weighted by Crippen LogP contribution is -2.37. The Morgan fingerprint density at radius 1 is 1.29 bits per heavy atom. The van der Waals surface area contributed by atoms with Gasteiger partial charge >= 0.3 is 5.97 Å². The summed E-state index contributed by atoms with van der Waals surface area (Å²) >= 11 is 0. The molecule has 2 aromatic rings. The average Bonchev–Trinajstić information content (AvgIpc) is 2.60. The molecule has 0 radical (unpaired) electrons. The third-order valence-electron chi connectivity index (χ3n) is 5.04. The Labute approximate surface area is 143 Å². The van der Waals surface area contributed by atoms with Crippen molar-refractivity contribution in [1.82, 2.24) is 4.98 Å². The molecule has 0 unspecified atom stereocenters. The maximum atomic E-state index is 11.7. The van der Waals surface area contributed by atoms with E-state index in [4.69, 9.17) is 9.72 Å². The third kappa shape index (κ3) is 3.10. The molecule has 1 aliphatic heterocycles. The van der Waals surface area contributed by atoms with Crippen LogP contribution in [0.5, 0.6) is 0 Å². The van der Waals surface area contributed by atoms with Gasteiger partial charge in [0.05, 0.1) is 18.5 Å². The van der Waals surface area contributed by atoms with Gasteiger partial charge in [-0.25, -0.2) is 4.98 Å². The molecular weight excluding hydrogens is 300 g/mol. The highest BCUT2D eigenvalue weighted by molar-refractivity contribution is 5.87. The van der Waals surface area contributed by atoms with Crippen LogP contribution in [-0.4, -0.2) is 31.2 Å². The van der Waals surface area contributed by atoms with E-state index in [1.165, 1.54) is 23.6 Å². The van der Waals surface area contributed by atoms with Gasteiger partial charge in [0.2, 0.25) is 0 Å². The molecule has 1 saturated heterocycles. The van der Waals surface area contributed by atoms with Crippen molar-refractivity contribution in [1.29, 1.82) is 0 Å². The van der Waals surface area contributed by atoms with Crippen LogP contribution in [0.15, 0.2) is 24.3 Å². The molecule has 3 rings (SSSR count). The van der Waals surface area contributed by atoms with Gasteiger partial charge in [-0.3, -0.25) is 4.79 Å². The van der Waals surface area contributed by atoms with E-state index in [0.29, 0.717) is 5.92 Å². The molecule has 0 amide bonds. The number of methoxy groups -OCH3 is 1. The summed E-state index contributed by atoms with van der Waals surface area (Å²) in [6.45, 7) is 8.27. The summed E-state index contributed by atoms with van der Waals surface area (Å²) in [5.41, 5.74) is 3.66. The van der Waals surface area contributed by atoms with Crippen molar-refractivity contribution in [3.63, 3.8) is 0 Å². The van der Waals surface area contributed by atoms with Crippen LogP contribution in [0, 0.1) is 12.8 Å². The van der Waals surface area contributed by atoms with Crippen LogP contribution in [0.25, 0.3) is 10.9 Å². The van der Waals surface area contributed by atoms with Gasteiger partial charge in [-0.1, -0.05) is 32.0 Å². The van der Waals surface area contributed by atoms with Crippen LogP contribution in [0.1, 0.15) is 43.7 Å². The number of esters is 1. The number of benzene rings is 1. The molecule has 4 nitrogen and oxygen atoms in total. The Kier molecular flexibility index (Phi) is 4.74. The van der Waals surface area contributed by atoms with Crippen molar-refractivity contribution in [3.8, 4) is 0 Å². The number of fused-ring (bicyclic) bond motifs is 1. The summed E-state index contributed by atoms with van der Waals surface area (Å²) in [7, 11) is 1.47. The van der Waals surface area contributed by atoms with E-state index in [1.54, 1.807) is 0 Å². The molecule has 1 aromatic heterocycles. The van der Waals surface area contributed by atoms with Crippen molar-refractivity contribution < 1.29 is 9.53 Å². The number of aromatic nitrogens is 1. The van der Waals surface area contributed by atoms with E-state index >= 15 is 0 Å². The minimum atomic E-state index is -0.0839. The van der Waals surface area contributed by atoms with Crippen LogP contribution in [0.2, 0.25) is 0 Å². The lowest BCUT2D eigenvalue weighted by molar-refractivity contribution is -0.146. The van der Waals surface area contributed by atoms with E-state index < -0.39 is 0 Å². The number of pyridine rings is 1. The molecule has 1 aliphatic rings. The predicted octanol–water partition coefficient (Wildman–Crippen LogP) is 4.06. The molecule has 1 fully saturated rings. The summed E-state index contributed by atoms with van der Waals surface area (Å²) in [4.78, 5) is 19.0. The number of carbonyl (C=O) groups excluding carboxylic acids is 1. The first-order chi connectivity index (χ1) is 11.5. The first-order valence-electron chi connectivity index (χ1n) is 8.74. The maximum absolute atomic E-state index is 11.7. The van der Waals surface area contributed by atoms with Gasteiger partial charge in [-0.2, -0.15) is 0 Å². The topological polar surface area (TPSA) is 42.4 Å². The second kappa shape index (κ2) is 6.80. The molecule has 2 heterocycles. The number of ether oxygens (including phenoxy) is 1. The van der Waals surface area contributed by atoms with Gasteiger partial charge in [-0.15, -0.1) is 0 Å². The highest BCUT2D eigenvalue weighted by atomic mass is 16.5. The van der Waals surface area contributed by atoms with Crippen molar-refractivity contribution in [2.45, 2.75) is 39.5 Å². The van der Waals surface area contributed by atoms with Crippen LogP contribution >= 0.6 is 0 Å². The number of hydrogen-bond donors (Lipinski definition) is 0. The van der Waals surface area contributed by atoms with Crippen LogP contribution in [0.4, 0.5) is 5.82 Å². The fraction of sp³-hybridized carbons (Fsp3) is 0.500. The Hall–Kier alpha value is -2.10. The zero-order valence-electron chi connectivity index (χ0n) is 15.0. The number of nitrogens with zero attached hydrogens (tertiary/aromatic N) is 2. The van der Waals surface area contributed by atoms with Gasteiger partial charge in [0.15, 0.2) is 0 Å². The zero-order chi connectivity index (χ0) is 17.3. The molecule has 0 bridgehead atoms. The first kappa shape index (κ1) is 16.7. The van der Waals surface area contributed by atoms with Crippen LogP contribution in [-0.2, 0) is 9.53 Å². The first-order valence-corrected chi connectivity index (χ1v) is 8.74. The lowest BCUT2D eigenvalue weighted by Gasteiger charge is -2.32. The standard InChI is InChI=1S/C20H26N2O2/c1-13(2)16-6-5-7-17-14(3)12-18(21-19(16)17)22-10-8-15(9-11-22)20(23)24-4/h5-7,12-13,15H,8-11H2,1-4H3. The summed E-state index contributed by atoms with van der Waals surface area (Å²) in [5, 5.41) is 1.23. The largest absolute Gasteiger partial charge is 0.469 e. The molecule has 24 heavy (non-hydrogen) atoms. The molecule has 128 valence electrons. The summed E-state index contributed by atoms with van der Waals surface area (Å²) in [6, 6.07) is 8.61. The van der Waals surface area contributed by atoms with Crippen LogP contribution < -0.4 is 4.90 Å². The summed E-state index contributed by atoms with van der Waals surface area (Å²) < 4.78 is 4.88. The monoisotopic (exact) mass is 326 g/mol. The van der Waals surface area contributed by atoms with Gasteiger partial charge in [0, 0.05) is 18.5 Å². The predicted molar refractivity (Wildman–Crippen MR) is 97.5 cm³/mol. The van der Waals surface area contributed by atoms with Gasteiger partial charge in [-0.05, 0) is 42.9 Å². The average molecular weight is 326 g/mol. The minimum Gasteiger partial charge on any atom is -0.469 e. The summed E-state index contributed by atoms with van der Waals surface area (Å²) in [6.07, 6.45) is 1.66. The van der Waals surface area contributed by atoms with E-state index in [9.17, 15) is 4.79 Å². The van der Waals surface area contributed by atoms with Crippen molar-refractivity contribution in [3.05, 3.63) is 35.4 Å².